The minimum absolute atomic E-state index is 0.0612. The van der Waals surface area contributed by atoms with Crippen molar-refractivity contribution in [2.75, 3.05) is 13.1 Å². The normalized spacial score (nSPS) is 14.8. The summed E-state index contributed by atoms with van der Waals surface area (Å²) < 4.78 is 0. The summed E-state index contributed by atoms with van der Waals surface area (Å²) in [4.78, 5) is 27.9. The van der Waals surface area contributed by atoms with Crippen molar-refractivity contribution in [3.8, 4) is 11.3 Å². The molecule has 1 aliphatic rings. The second-order valence-corrected chi connectivity index (χ2v) is 11.6. The summed E-state index contributed by atoms with van der Waals surface area (Å²) in [7, 11) is 0. The van der Waals surface area contributed by atoms with Crippen LogP contribution in [0.5, 0.6) is 0 Å². The number of carbonyl (C=O) groups excluding carboxylic acids is 1. The van der Waals surface area contributed by atoms with Crippen molar-refractivity contribution in [3.63, 3.8) is 0 Å². The van der Waals surface area contributed by atoms with Gasteiger partial charge in [0.1, 0.15) is 12.0 Å². The van der Waals surface area contributed by atoms with Gasteiger partial charge in [0.15, 0.2) is 0 Å². The summed E-state index contributed by atoms with van der Waals surface area (Å²) in [5.41, 5.74) is 8.41. The molecule has 0 radical (unpaired) electrons. The van der Waals surface area contributed by atoms with E-state index in [4.69, 9.17) is 4.98 Å². The van der Waals surface area contributed by atoms with Crippen molar-refractivity contribution in [2.24, 2.45) is 0 Å². The zero-order valence-electron chi connectivity index (χ0n) is 23.7. The summed E-state index contributed by atoms with van der Waals surface area (Å²) in [6, 6.07) is 14.3. The number of nitrogens with zero attached hydrogens (tertiary/aromatic N) is 3. The number of allylic oxidation sites excluding steroid dienone is 1. The van der Waals surface area contributed by atoms with Crippen molar-refractivity contribution >= 4 is 16.9 Å². The fourth-order valence-electron chi connectivity index (χ4n) is 5.54. The average molecular weight is 522 g/mol. The number of piperidine rings is 1. The molecule has 0 bridgehead atoms. The quantitative estimate of drug-likeness (QED) is 0.290. The number of H-pyrrole nitrogens is 1. The highest BCUT2D eigenvalue weighted by atomic mass is 16.1. The lowest BCUT2D eigenvalue weighted by Gasteiger charge is -2.31. The van der Waals surface area contributed by atoms with E-state index in [-0.39, 0.29) is 11.3 Å². The smallest absolute Gasteiger partial charge is 0.251 e. The van der Waals surface area contributed by atoms with Crippen LogP contribution in [0, 0.1) is 6.92 Å². The summed E-state index contributed by atoms with van der Waals surface area (Å²) in [5.74, 6) is 0.423. The van der Waals surface area contributed by atoms with Gasteiger partial charge in [-0.25, -0.2) is 9.97 Å². The lowest BCUT2D eigenvalue weighted by atomic mass is 9.87. The lowest BCUT2D eigenvalue weighted by molar-refractivity contribution is 0.0951. The maximum atomic E-state index is 12.8. The van der Waals surface area contributed by atoms with Gasteiger partial charge in [-0.1, -0.05) is 51.1 Å². The number of aromatic amines is 1. The Labute approximate surface area is 231 Å². The summed E-state index contributed by atoms with van der Waals surface area (Å²) in [5, 5.41) is 4.21. The van der Waals surface area contributed by atoms with E-state index in [9.17, 15) is 4.79 Å². The number of hydrogen-bond donors (Lipinski definition) is 2. The Bertz CT molecular complexity index is 1490. The van der Waals surface area contributed by atoms with Gasteiger partial charge in [-0.05, 0) is 84.7 Å². The molecule has 1 fully saturated rings. The van der Waals surface area contributed by atoms with Crippen LogP contribution in [0.1, 0.15) is 79.1 Å². The molecule has 1 saturated heterocycles. The number of nitrogens with one attached hydrogen (secondary N) is 2. The molecular formula is C33H39N5O. The second-order valence-electron chi connectivity index (χ2n) is 11.6. The Morgan fingerprint density at radius 2 is 1.85 bits per heavy atom. The van der Waals surface area contributed by atoms with Crippen LogP contribution in [-0.4, -0.2) is 38.8 Å². The van der Waals surface area contributed by atoms with Crippen molar-refractivity contribution in [1.82, 2.24) is 25.2 Å². The largest absolute Gasteiger partial charge is 0.378 e. The molecule has 1 amide bonds. The summed E-state index contributed by atoms with van der Waals surface area (Å²) in [6.07, 6.45) is 10.3. The Morgan fingerprint density at radius 1 is 1.10 bits per heavy atom. The highest BCUT2D eigenvalue weighted by Crippen LogP contribution is 2.37. The molecule has 2 N–H and O–H groups in total. The van der Waals surface area contributed by atoms with E-state index >= 15 is 0 Å². The van der Waals surface area contributed by atoms with Crippen molar-refractivity contribution in [1.29, 1.82) is 0 Å². The number of amides is 1. The lowest BCUT2D eigenvalue weighted by Crippen LogP contribution is -2.28. The topological polar surface area (TPSA) is 73.9 Å². The molecule has 202 valence electrons. The fourth-order valence-corrected chi connectivity index (χ4v) is 5.54. The average Bonchev–Trinajstić information content (AvgIpc) is 3.37. The SMILES string of the molecule is CC=CN1CCC(c2c[nH]c3ncnc(-c4ccc(CNC(=O)c5ccc(C(C)(C)C)cc5)c(C)c4)c23)CC1. The number of benzene rings is 2. The maximum absolute atomic E-state index is 12.8. The van der Waals surface area contributed by atoms with E-state index in [1.54, 1.807) is 6.33 Å². The fraction of sp³-hybridized carbons (Fsp3) is 0.364. The van der Waals surface area contributed by atoms with Crippen LogP contribution in [0.2, 0.25) is 0 Å². The van der Waals surface area contributed by atoms with E-state index in [2.05, 4.69) is 91.5 Å². The van der Waals surface area contributed by atoms with Gasteiger partial charge in [0, 0.05) is 42.3 Å². The van der Waals surface area contributed by atoms with Gasteiger partial charge in [0.2, 0.25) is 0 Å². The van der Waals surface area contributed by atoms with Crippen LogP contribution in [0.25, 0.3) is 22.3 Å². The second kappa shape index (κ2) is 11.0. The number of aryl methyl sites for hydroxylation is 1. The number of aromatic nitrogens is 3. The molecule has 2 aromatic carbocycles. The number of rotatable bonds is 6. The van der Waals surface area contributed by atoms with E-state index in [1.165, 1.54) is 11.1 Å². The van der Waals surface area contributed by atoms with Crippen LogP contribution < -0.4 is 5.32 Å². The van der Waals surface area contributed by atoms with E-state index < -0.39 is 0 Å². The van der Waals surface area contributed by atoms with Gasteiger partial charge in [-0.3, -0.25) is 4.79 Å². The highest BCUT2D eigenvalue weighted by molar-refractivity contribution is 5.95. The van der Waals surface area contributed by atoms with E-state index in [0.29, 0.717) is 18.0 Å². The third kappa shape index (κ3) is 5.75. The van der Waals surface area contributed by atoms with Crippen molar-refractivity contribution in [3.05, 3.63) is 95.1 Å². The number of carbonyl (C=O) groups is 1. The Hall–Kier alpha value is -3.93. The number of likely N-dealkylation sites (tertiary alicyclic amines) is 1. The summed E-state index contributed by atoms with van der Waals surface area (Å²) >= 11 is 0. The van der Waals surface area contributed by atoms with Gasteiger partial charge in [-0.2, -0.15) is 0 Å². The standard InChI is InChI=1S/C33H39N5O/c1-6-15-38-16-13-23(14-17-38)28-20-34-31-29(28)30(36-21-37-31)25-7-8-26(22(2)18-25)19-35-32(39)24-9-11-27(12-10-24)33(3,4)5/h6-12,15,18,20-21,23H,13-14,16-17,19H2,1-5H3,(H,35,39)(H,34,36,37). The molecule has 6 nitrogen and oxygen atoms in total. The molecule has 0 aliphatic carbocycles. The molecule has 0 spiro atoms. The molecule has 0 atom stereocenters. The van der Waals surface area contributed by atoms with Gasteiger partial charge in [-0.15, -0.1) is 0 Å². The van der Waals surface area contributed by atoms with Crippen LogP contribution in [0.15, 0.2) is 67.3 Å². The molecule has 4 aromatic rings. The molecule has 2 aromatic heterocycles. The third-order valence-corrected chi connectivity index (χ3v) is 7.90. The van der Waals surface area contributed by atoms with Crippen LogP contribution in [-0.2, 0) is 12.0 Å². The van der Waals surface area contributed by atoms with E-state index in [1.807, 2.05) is 24.3 Å². The Balaban J connectivity index is 1.33. The predicted octanol–water partition coefficient (Wildman–Crippen LogP) is 6.87. The number of hydrogen-bond acceptors (Lipinski definition) is 4. The highest BCUT2D eigenvalue weighted by Gasteiger charge is 2.24. The molecule has 5 rings (SSSR count). The minimum Gasteiger partial charge on any atom is -0.378 e. The molecule has 0 unspecified atom stereocenters. The zero-order valence-corrected chi connectivity index (χ0v) is 23.7. The van der Waals surface area contributed by atoms with Gasteiger partial charge >= 0.3 is 0 Å². The van der Waals surface area contributed by atoms with Gasteiger partial charge in [0.25, 0.3) is 5.91 Å². The Morgan fingerprint density at radius 3 is 2.51 bits per heavy atom. The summed E-state index contributed by atoms with van der Waals surface area (Å²) in [6.45, 7) is 13.3. The predicted molar refractivity (Wildman–Crippen MR) is 159 cm³/mol. The maximum Gasteiger partial charge on any atom is 0.251 e. The first-order chi connectivity index (χ1) is 18.7. The van der Waals surface area contributed by atoms with Crippen molar-refractivity contribution in [2.45, 2.75) is 65.3 Å². The first-order valence-corrected chi connectivity index (χ1v) is 13.9. The van der Waals surface area contributed by atoms with E-state index in [0.717, 1.165) is 59.3 Å². The van der Waals surface area contributed by atoms with Gasteiger partial charge < -0.3 is 15.2 Å². The monoisotopic (exact) mass is 521 g/mol. The Kier molecular flexibility index (Phi) is 7.56. The zero-order chi connectivity index (χ0) is 27.6. The van der Waals surface area contributed by atoms with Crippen LogP contribution >= 0.6 is 0 Å². The first-order valence-electron chi connectivity index (χ1n) is 13.9. The van der Waals surface area contributed by atoms with Crippen LogP contribution in [0.4, 0.5) is 0 Å². The minimum atomic E-state index is -0.0612. The van der Waals surface area contributed by atoms with Gasteiger partial charge in [0.05, 0.1) is 5.69 Å². The van der Waals surface area contributed by atoms with Crippen LogP contribution in [0.3, 0.4) is 0 Å². The molecule has 1 aliphatic heterocycles. The number of fused-ring (bicyclic) bond motifs is 1. The first kappa shape index (κ1) is 26.7. The molecule has 6 heteroatoms. The molecule has 39 heavy (non-hydrogen) atoms. The third-order valence-electron chi connectivity index (χ3n) is 7.90. The molecule has 3 heterocycles. The molecular weight excluding hydrogens is 482 g/mol. The van der Waals surface area contributed by atoms with Crippen molar-refractivity contribution < 1.29 is 4.79 Å². The molecule has 0 saturated carbocycles.